The Bertz CT molecular complexity index is 724. The summed E-state index contributed by atoms with van der Waals surface area (Å²) in [5.74, 6) is 0.218. The zero-order valence-corrected chi connectivity index (χ0v) is 13.3. The number of carboxylic acid groups (broad SMARTS) is 1. The monoisotopic (exact) mass is 356 g/mol. The van der Waals surface area contributed by atoms with Crippen molar-refractivity contribution in [2.75, 3.05) is 18.9 Å². The third-order valence-corrected chi connectivity index (χ3v) is 3.51. The van der Waals surface area contributed by atoms with Gasteiger partial charge < -0.3 is 36.2 Å². The maximum atomic E-state index is 9.95. The van der Waals surface area contributed by atoms with E-state index in [1.807, 2.05) is 0 Å². The van der Waals surface area contributed by atoms with Crippen molar-refractivity contribution in [3.63, 3.8) is 0 Å². The molecule has 3 rings (SSSR count). The van der Waals surface area contributed by atoms with Crippen molar-refractivity contribution in [2.45, 2.75) is 31.5 Å². The van der Waals surface area contributed by atoms with Gasteiger partial charge in [0.1, 0.15) is 30.2 Å². The van der Waals surface area contributed by atoms with Crippen molar-refractivity contribution >= 4 is 23.1 Å². The molecule has 3 heterocycles. The number of imidazole rings is 1. The Kier molecular flexibility index (Phi) is 6.03. The Hall–Kier alpha value is -2.54. The third-order valence-electron chi connectivity index (χ3n) is 3.51. The summed E-state index contributed by atoms with van der Waals surface area (Å²) in [7, 11) is 0. The number of nitrogen functional groups attached to an aromatic ring is 1. The molecule has 138 valence electrons. The number of amides is 1. The van der Waals surface area contributed by atoms with Crippen LogP contribution < -0.4 is 11.1 Å². The number of aliphatic hydroxyl groups is 3. The SMILES string of the molecule is CCNC(=O)O.Nc1ncnc2c1ncn2[C@@H]1O[C@H](CO)[C@@H](O)[C@H]1O. The van der Waals surface area contributed by atoms with Crippen LogP contribution in [0.1, 0.15) is 13.2 Å². The van der Waals surface area contributed by atoms with Crippen LogP contribution in [0, 0.1) is 0 Å². The highest BCUT2D eigenvalue weighted by atomic mass is 16.6. The van der Waals surface area contributed by atoms with E-state index in [0.29, 0.717) is 17.7 Å². The van der Waals surface area contributed by atoms with E-state index in [-0.39, 0.29) is 5.82 Å². The highest BCUT2D eigenvalue weighted by Crippen LogP contribution is 2.31. The first-order valence-electron chi connectivity index (χ1n) is 7.42. The molecule has 12 heteroatoms. The zero-order valence-electron chi connectivity index (χ0n) is 13.3. The number of nitrogens with zero attached hydrogens (tertiary/aromatic N) is 4. The van der Waals surface area contributed by atoms with Crippen molar-refractivity contribution in [3.8, 4) is 0 Å². The summed E-state index contributed by atoms with van der Waals surface area (Å²) in [6.07, 6.45) is -2.38. The molecule has 1 saturated heterocycles. The molecular weight excluding hydrogens is 336 g/mol. The van der Waals surface area contributed by atoms with Gasteiger partial charge in [0.05, 0.1) is 12.9 Å². The van der Waals surface area contributed by atoms with Crippen LogP contribution in [0.25, 0.3) is 11.2 Å². The molecule has 0 unspecified atom stereocenters. The first-order valence-corrected chi connectivity index (χ1v) is 7.42. The van der Waals surface area contributed by atoms with Crippen molar-refractivity contribution in [3.05, 3.63) is 12.7 Å². The molecule has 1 fully saturated rings. The van der Waals surface area contributed by atoms with Gasteiger partial charge in [-0.3, -0.25) is 4.57 Å². The number of aromatic nitrogens is 4. The summed E-state index contributed by atoms with van der Waals surface area (Å²) in [4.78, 5) is 21.4. The van der Waals surface area contributed by atoms with E-state index in [2.05, 4.69) is 20.3 Å². The molecule has 1 aliphatic rings. The topological polar surface area (TPSA) is 189 Å². The van der Waals surface area contributed by atoms with Crippen LogP contribution in [0.2, 0.25) is 0 Å². The van der Waals surface area contributed by atoms with Gasteiger partial charge >= 0.3 is 6.09 Å². The zero-order chi connectivity index (χ0) is 18.6. The van der Waals surface area contributed by atoms with Gasteiger partial charge in [0.2, 0.25) is 0 Å². The van der Waals surface area contributed by atoms with Crippen molar-refractivity contribution in [1.29, 1.82) is 0 Å². The van der Waals surface area contributed by atoms with Crippen LogP contribution in [-0.2, 0) is 4.74 Å². The molecule has 2 aromatic rings. The Balaban J connectivity index is 0.000000326. The number of anilines is 1. The van der Waals surface area contributed by atoms with Gasteiger partial charge in [0, 0.05) is 6.54 Å². The van der Waals surface area contributed by atoms with Gasteiger partial charge in [0.25, 0.3) is 0 Å². The van der Waals surface area contributed by atoms with E-state index >= 15 is 0 Å². The van der Waals surface area contributed by atoms with Gasteiger partial charge in [-0.25, -0.2) is 19.7 Å². The summed E-state index contributed by atoms with van der Waals surface area (Å²) in [6, 6.07) is 0. The van der Waals surface area contributed by atoms with Gasteiger partial charge in [-0.2, -0.15) is 0 Å². The van der Waals surface area contributed by atoms with E-state index in [9.17, 15) is 15.0 Å². The number of nitrogens with two attached hydrogens (primary N) is 1. The van der Waals surface area contributed by atoms with Crippen molar-refractivity contribution in [1.82, 2.24) is 24.8 Å². The Morgan fingerprint density at radius 1 is 1.36 bits per heavy atom. The normalized spacial score (nSPS) is 25.4. The van der Waals surface area contributed by atoms with Crippen LogP contribution in [0.3, 0.4) is 0 Å². The lowest BCUT2D eigenvalue weighted by molar-refractivity contribution is -0.0511. The lowest BCUT2D eigenvalue weighted by atomic mass is 10.1. The number of aliphatic hydroxyl groups excluding tert-OH is 3. The van der Waals surface area contributed by atoms with Crippen LogP contribution in [0.5, 0.6) is 0 Å². The van der Waals surface area contributed by atoms with Gasteiger partial charge in [-0.1, -0.05) is 0 Å². The largest absolute Gasteiger partial charge is 0.465 e. The summed E-state index contributed by atoms with van der Waals surface area (Å²) in [5, 5.41) is 38.7. The van der Waals surface area contributed by atoms with E-state index in [0.717, 1.165) is 0 Å². The standard InChI is InChI=1S/C10H13N5O4.C3H7NO2/c11-8-5-9(13-2-12-8)15(3-14-5)10-7(18)6(17)4(1-16)19-10;1-2-4-3(5)6/h2-4,6-7,10,16-18H,1H2,(H2,11,12,13);4H,2H2,1H3,(H,5,6)/t4-,6-,7-,10-;/m1./s1. The first kappa shape index (κ1) is 18.8. The molecule has 4 atom stereocenters. The quantitative estimate of drug-likeness (QED) is 0.369. The van der Waals surface area contributed by atoms with Gasteiger partial charge in [-0.15, -0.1) is 0 Å². The molecule has 25 heavy (non-hydrogen) atoms. The molecule has 0 bridgehead atoms. The number of nitrogens with one attached hydrogen (secondary N) is 1. The summed E-state index contributed by atoms with van der Waals surface area (Å²) >= 11 is 0. The fourth-order valence-electron chi connectivity index (χ4n) is 2.32. The molecule has 7 N–H and O–H groups in total. The molecule has 1 amide bonds. The maximum Gasteiger partial charge on any atom is 0.404 e. The van der Waals surface area contributed by atoms with Crippen molar-refractivity contribution in [2.24, 2.45) is 0 Å². The number of rotatable bonds is 3. The molecule has 1 aliphatic heterocycles. The minimum absolute atomic E-state index is 0.218. The highest BCUT2D eigenvalue weighted by Gasteiger charge is 2.43. The van der Waals surface area contributed by atoms with Crippen LogP contribution in [-0.4, -0.2) is 77.5 Å². The molecule has 2 aromatic heterocycles. The van der Waals surface area contributed by atoms with Crippen molar-refractivity contribution < 1.29 is 30.0 Å². The number of fused-ring (bicyclic) bond motifs is 1. The lowest BCUT2D eigenvalue weighted by Gasteiger charge is -2.16. The highest BCUT2D eigenvalue weighted by molar-refractivity contribution is 5.81. The number of ether oxygens (including phenoxy) is 1. The van der Waals surface area contributed by atoms with Crippen LogP contribution in [0.15, 0.2) is 12.7 Å². The predicted octanol–water partition coefficient (Wildman–Crippen LogP) is -1.71. The van der Waals surface area contributed by atoms with Crippen LogP contribution in [0.4, 0.5) is 10.6 Å². The molecule has 0 aromatic carbocycles. The number of hydrogen-bond acceptors (Lipinski definition) is 9. The van der Waals surface area contributed by atoms with Crippen LogP contribution >= 0.6 is 0 Å². The Morgan fingerprint density at radius 3 is 2.60 bits per heavy atom. The maximum absolute atomic E-state index is 9.95. The summed E-state index contributed by atoms with van der Waals surface area (Å²) < 4.78 is 6.85. The second kappa shape index (κ2) is 8.02. The summed E-state index contributed by atoms with van der Waals surface area (Å²) in [5.41, 5.74) is 6.44. The molecule has 0 aliphatic carbocycles. The number of hydrogen-bond donors (Lipinski definition) is 6. The van der Waals surface area contributed by atoms with Gasteiger partial charge in [0.15, 0.2) is 17.7 Å². The Morgan fingerprint density at radius 2 is 2.08 bits per heavy atom. The molecule has 12 nitrogen and oxygen atoms in total. The average molecular weight is 356 g/mol. The fraction of sp³-hybridized carbons (Fsp3) is 0.538. The second-order valence-corrected chi connectivity index (χ2v) is 5.15. The minimum Gasteiger partial charge on any atom is -0.465 e. The first-order chi connectivity index (χ1) is 11.9. The minimum atomic E-state index is -1.19. The molecule has 0 saturated carbocycles. The molecule has 0 spiro atoms. The fourth-order valence-corrected chi connectivity index (χ4v) is 2.32. The average Bonchev–Trinajstić information content (AvgIpc) is 3.11. The summed E-state index contributed by atoms with van der Waals surface area (Å²) in [6.45, 7) is 1.82. The second-order valence-electron chi connectivity index (χ2n) is 5.15. The smallest absolute Gasteiger partial charge is 0.404 e. The molecular formula is C13H20N6O6. The number of carbonyl (C=O) groups is 1. The predicted molar refractivity (Wildman–Crippen MR) is 84.4 cm³/mol. The molecule has 0 radical (unpaired) electrons. The third kappa shape index (κ3) is 3.93. The van der Waals surface area contributed by atoms with E-state index in [4.69, 9.17) is 20.7 Å². The Labute approximate surface area is 141 Å². The van der Waals surface area contributed by atoms with E-state index in [1.54, 1.807) is 6.92 Å². The van der Waals surface area contributed by atoms with Gasteiger partial charge in [-0.05, 0) is 6.92 Å². The lowest BCUT2D eigenvalue weighted by Crippen LogP contribution is -2.33. The van der Waals surface area contributed by atoms with E-state index < -0.39 is 37.2 Å². The van der Waals surface area contributed by atoms with E-state index in [1.165, 1.54) is 17.2 Å².